The zero-order valence-electron chi connectivity index (χ0n) is 15.8. The molecule has 0 radical (unpaired) electrons. The van der Waals surface area contributed by atoms with Gasteiger partial charge >= 0.3 is 5.97 Å². The Bertz CT molecular complexity index is 428. The molecule has 1 fully saturated rings. The predicted octanol–water partition coefficient (Wildman–Crippen LogP) is 1.08. The Labute approximate surface area is 86.2 Å². The molecule has 0 aliphatic heterocycles. The fourth-order valence-electron chi connectivity index (χ4n) is 0.651. The molecule has 1 N–H and O–H groups in total. The second kappa shape index (κ2) is 4.45. The van der Waals surface area contributed by atoms with E-state index < -0.39 is 44.0 Å². The highest BCUT2D eigenvalue weighted by atomic mass is 16.5. The Morgan fingerprint density at radius 2 is 3.08 bits per heavy atom. The van der Waals surface area contributed by atoms with Gasteiger partial charge in [-0.1, -0.05) is 6.40 Å². The summed E-state index contributed by atoms with van der Waals surface area (Å²) in [7, 11) is 0. The Balaban J connectivity index is 3.26. The smallest absolute Gasteiger partial charge is 0.322 e. The topological polar surface area (TPSA) is 38.3 Å². The molecule has 0 saturated heterocycles. The van der Waals surface area contributed by atoms with Crippen molar-refractivity contribution in [2.45, 2.75) is 45.0 Å². The van der Waals surface area contributed by atoms with Crippen LogP contribution in [0.15, 0.2) is 0 Å². The van der Waals surface area contributed by atoms with Gasteiger partial charge < -0.3 is 10.0 Å². The first-order chi connectivity index (χ1) is 9.26. The lowest BCUT2D eigenvalue weighted by Gasteiger charge is -2.28. The summed E-state index contributed by atoms with van der Waals surface area (Å²) >= 11 is 0. The lowest BCUT2D eigenvalue weighted by atomic mass is 9.92. The SMILES string of the molecule is [2H]C1CC([2H])(N([2H])[C@]([2H])(C(=O)OCC)C([2H])([2H])[2H])C1([2H])[2H]. The number of rotatable bonds is 4. The van der Waals surface area contributed by atoms with E-state index in [2.05, 4.69) is 4.74 Å². The molecule has 0 spiro atoms. The third-order valence-corrected chi connectivity index (χ3v) is 1.28. The Morgan fingerprint density at radius 1 is 2.25 bits per heavy atom. The fraction of sp³-hybridized carbons (Fsp3) is 0.889. The highest BCUT2D eigenvalue weighted by molar-refractivity contribution is 5.75. The second-order valence-electron chi connectivity index (χ2n) is 2.18. The Morgan fingerprint density at radius 3 is 3.58 bits per heavy atom. The monoisotopic (exact) mass is 180 g/mol. The summed E-state index contributed by atoms with van der Waals surface area (Å²) in [6.45, 7) is -2.15. The van der Waals surface area contributed by atoms with Crippen molar-refractivity contribution >= 4 is 5.97 Å². The maximum Gasteiger partial charge on any atom is 0.322 e. The van der Waals surface area contributed by atoms with Gasteiger partial charge in [0.1, 0.15) is 7.43 Å². The zero-order valence-corrected chi connectivity index (χ0v) is 6.76. The molecule has 1 aliphatic carbocycles. The van der Waals surface area contributed by atoms with Crippen molar-refractivity contribution in [1.29, 1.82) is 0 Å². The number of carbonyl (C=O) groups is 1. The van der Waals surface area contributed by atoms with Crippen LogP contribution in [0.25, 0.3) is 0 Å². The van der Waals surface area contributed by atoms with Crippen molar-refractivity contribution in [1.82, 2.24) is 5.31 Å². The van der Waals surface area contributed by atoms with E-state index in [4.69, 9.17) is 12.4 Å². The van der Waals surface area contributed by atoms with Crippen LogP contribution in [-0.4, -0.2) is 24.6 Å². The quantitative estimate of drug-likeness (QED) is 0.658. The average molecular weight is 180 g/mol. The second-order valence-corrected chi connectivity index (χ2v) is 2.18. The lowest BCUT2D eigenvalue weighted by molar-refractivity contribution is -0.145. The van der Waals surface area contributed by atoms with Crippen LogP contribution in [0.1, 0.15) is 43.9 Å². The van der Waals surface area contributed by atoms with Gasteiger partial charge in [0.15, 0.2) is 0 Å². The van der Waals surface area contributed by atoms with Gasteiger partial charge in [0.2, 0.25) is 0 Å². The molecule has 0 heterocycles. The van der Waals surface area contributed by atoms with Crippen LogP contribution in [-0.2, 0) is 9.53 Å². The Kier molecular flexibility index (Phi) is 1.11. The molecule has 70 valence electrons. The van der Waals surface area contributed by atoms with Gasteiger partial charge in [-0.15, -0.1) is 0 Å². The summed E-state index contributed by atoms with van der Waals surface area (Å²) in [5.74, 6) is -1.55. The molecule has 0 aromatic rings. The summed E-state index contributed by atoms with van der Waals surface area (Å²) in [6.07, 6.45) is -4.36. The maximum atomic E-state index is 11.8. The maximum absolute atomic E-state index is 11.8. The highest BCUT2D eigenvalue weighted by Crippen LogP contribution is 2.18. The first-order valence-corrected chi connectivity index (χ1v) is 3.65. The molecule has 12 heavy (non-hydrogen) atoms. The summed E-state index contributed by atoms with van der Waals surface area (Å²) in [5.41, 5.74) is 0. The molecular formula is C9H17NO2. The lowest BCUT2D eigenvalue weighted by Crippen LogP contribution is -2.45. The molecule has 2 unspecified atom stereocenters. The van der Waals surface area contributed by atoms with Crippen molar-refractivity contribution in [3.8, 4) is 0 Å². The number of nitrogens with one attached hydrogen (secondary N) is 1. The molecule has 0 aromatic heterocycles. The molecule has 3 nitrogen and oxygen atoms in total. The van der Waals surface area contributed by atoms with Gasteiger partial charge in [0.25, 0.3) is 0 Å². The van der Waals surface area contributed by atoms with Gasteiger partial charge in [-0.25, -0.2) is 0 Å². The number of esters is 1. The van der Waals surface area contributed by atoms with E-state index in [-0.39, 0.29) is 11.9 Å². The van der Waals surface area contributed by atoms with Gasteiger partial charge in [-0.05, 0) is 26.6 Å². The minimum atomic E-state index is -3.32. The molecule has 0 bridgehead atoms. The van der Waals surface area contributed by atoms with Gasteiger partial charge in [0.05, 0.1) is 7.98 Å². The van der Waals surface area contributed by atoms with Crippen LogP contribution in [0.2, 0.25) is 1.41 Å². The molecule has 0 amide bonds. The molecule has 0 aromatic carbocycles. The summed E-state index contributed by atoms with van der Waals surface area (Å²) < 4.78 is 72.6. The summed E-state index contributed by atoms with van der Waals surface area (Å²) in [5, 5.41) is -0.184. The van der Waals surface area contributed by atoms with Crippen molar-refractivity contribution in [2.24, 2.45) is 0 Å². The van der Waals surface area contributed by atoms with Gasteiger partial charge in [-0.3, -0.25) is 4.79 Å². The Hall–Kier alpha value is -0.570. The largest absolute Gasteiger partial charge is 0.465 e. The minimum absolute atomic E-state index is 0.184. The molecule has 3 atom stereocenters. The van der Waals surface area contributed by atoms with Crippen molar-refractivity contribution < 1.29 is 21.9 Å². The van der Waals surface area contributed by atoms with E-state index in [0.717, 1.165) is 0 Å². The van der Waals surface area contributed by atoms with E-state index in [1.807, 2.05) is 0 Å². The fourth-order valence-corrected chi connectivity index (χ4v) is 0.651. The third-order valence-electron chi connectivity index (χ3n) is 1.28. The molecular weight excluding hydrogens is 154 g/mol. The van der Waals surface area contributed by atoms with Gasteiger partial charge in [0, 0.05) is 15.6 Å². The van der Waals surface area contributed by atoms with Crippen LogP contribution >= 0.6 is 0 Å². The van der Waals surface area contributed by atoms with E-state index in [1.165, 1.54) is 6.92 Å². The third kappa shape index (κ3) is 2.48. The average Bonchev–Trinajstić information content (AvgIpc) is 2.35. The minimum Gasteiger partial charge on any atom is -0.465 e. The standard InChI is InChI=1S/C9H17NO2/c1-3-12-9(11)7(2)10-8-5-4-6-8/h7-8,10H,3-6H2,1-2H3/t7-/m0/s1/i2D3,4D,5D2,7D,8D/hD/t4?,7-,8?. The molecule has 3 heteroatoms. The van der Waals surface area contributed by atoms with Crippen LogP contribution in [0.5, 0.6) is 0 Å². The van der Waals surface area contributed by atoms with Crippen molar-refractivity contribution in [2.75, 3.05) is 6.61 Å². The first kappa shape index (κ1) is 2.98. The van der Waals surface area contributed by atoms with Crippen LogP contribution < -0.4 is 5.31 Å². The number of hydrogen-bond donors (Lipinski definition) is 1. The number of hydrogen-bond acceptors (Lipinski definition) is 3. The normalized spacial score (nSPS) is 55.8. The van der Waals surface area contributed by atoms with E-state index >= 15 is 0 Å². The molecule has 1 saturated carbocycles. The van der Waals surface area contributed by atoms with Crippen LogP contribution in [0.4, 0.5) is 0 Å². The predicted molar refractivity (Wildman–Crippen MR) is 46.9 cm³/mol. The summed E-state index contributed by atoms with van der Waals surface area (Å²) in [4.78, 5) is 11.8. The van der Waals surface area contributed by atoms with E-state index in [9.17, 15) is 4.79 Å². The van der Waals surface area contributed by atoms with Crippen molar-refractivity contribution in [3.63, 3.8) is 0 Å². The molecule has 1 rings (SSSR count). The zero-order chi connectivity index (χ0) is 16.9. The number of carbonyl (C=O) groups excluding carboxylic acids is 1. The molecule has 1 aliphatic rings. The van der Waals surface area contributed by atoms with Gasteiger partial charge in [-0.2, -0.15) is 0 Å². The summed E-state index contributed by atoms with van der Waals surface area (Å²) in [6, 6.07) is -5.72. The van der Waals surface area contributed by atoms with E-state index in [1.54, 1.807) is 0 Å². The highest BCUT2D eigenvalue weighted by Gasteiger charge is 2.22. The number of ether oxygens (including phenoxy) is 1. The first-order valence-electron chi connectivity index (χ1n) is 8.18. The van der Waals surface area contributed by atoms with Crippen LogP contribution in [0, 0.1) is 0 Å². The van der Waals surface area contributed by atoms with Crippen molar-refractivity contribution in [3.05, 3.63) is 0 Å². The van der Waals surface area contributed by atoms with E-state index in [0.29, 0.717) is 0 Å². The van der Waals surface area contributed by atoms with Crippen LogP contribution in [0.3, 0.4) is 0 Å².